The van der Waals surface area contributed by atoms with Crippen LogP contribution >= 0.6 is 0 Å². The van der Waals surface area contributed by atoms with Crippen molar-refractivity contribution in [2.45, 2.75) is 6.92 Å². The second-order valence-corrected chi connectivity index (χ2v) is 16.7. The van der Waals surface area contributed by atoms with Crippen molar-refractivity contribution >= 4 is 45.0 Å². The first-order valence-corrected chi connectivity index (χ1v) is 22.6. The van der Waals surface area contributed by atoms with Gasteiger partial charge in [-0.15, -0.1) is 0 Å². The Bertz CT molecular complexity index is 3360. The minimum Gasteiger partial charge on any atom is -0.317 e. The van der Waals surface area contributed by atoms with Gasteiger partial charge in [-0.05, 0) is 154 Å². The van der Waals surface area contributed by atoms with Gasteiger partial charge in [0.2, 0.25) is 0 Å². The number of benzene rings is 10. The molecule has 0 unspecified atom stereocenters. The summed E-state index contributed by atoms with van der Waals surface area (Å²) in [5.41, 5.74) is 19.8. The summed E-state index contributed by atoms with van der Waals surface area (Å²) in [5, 5.41) is 1.23. The lowest BCUT2D eigenvalue weighted by atomic mass is 9.99. The van der Waals surface area contributed by atoms with Gasteiger partial charge in [0.25, 0.3) is 0 Å². The first kappa shape index (κ1) is 40.1. The first-order chi connectivity index (χ1) is 32.6. The number of anilines is 6. The summed E-state index contributed by atoms with van der Waals surface area (Å²) in [6.07, 6.45) is 2.17. The highest BCUT2D eigenvalue weighted by Crippen LogP contribution is 2.41. The molecule has 314 valence electrons. The number of hydrogen-bond acceptors (Lipinski definition) is 2. The van der Waals surface area contributed by atoms with E-state index in [0.717, 1.165) is 39.8 Å². The van der Waals surface area contributed by atoms with Gasteiger partial charge < -0.3 is 14.4 Å². The van der Waals surface area contributed by atoms with Crippen LogP contribution in [-0.2, 0) is 0 Å². The Morgan fingerprint density at radius 3 is 1.24 bits per heavy atom. The molecular formula is C63H47N3. The SMILES string of the molecule is Cc1cc(-c2ccccc2)ccc1N(c1ccccc1)c1ccc(-c2ccc(-c3ccc(N(c4ccccc4)c4ccc(-c5cccc6c5ccn6-c5ccccc5)cc4)cc3)cc2)cc1. The average molecular weight is 846 g/mol. The molecule has 0 saturated heterocycles. The molecule has 0 spiro atoms. The molecule has 1 heterocycles. The lowest BCUT2D eigenvalue weighted by molar-refractivity contribution is 1.13. The molecule has 10 aromatic carbocycles. The van der Waals surface area contributed by atoms with Gasteiger partial charge in [-0.3, -0.25) is 0 Å². The maximum Gasteiger partial charge on any atom is 0.0534 e. The average Bonchev–Trinajstić information content (AvgIpc) is 3.84. The van der Waals surface area contributed by atoms with E-state index >= 15 is 0 Å². The molecule has 66 heavy (non-hydrogen) atoms. The summed E-state index contributed by atoms with van der Waals surface area (Å²) in [6, 6.07) is 93.6. The molecule has 3 nitrogen and oxygen atoms in total. The van der Waals surface area contributed by atoms with E-state index in [-0.39, 0.29) is 0 Å². The van der Waals surface area contributed by atoms with Gasteiger partial charge >= 0.3 is 0 Å². The van der Waals surface area contributed by atoms with Crippen LogP contribution in [0.2, 0.25) is 0 Å². The monoisotopic (exact) mass is 845 g/mol. The fourth-order valence-corrected chi connectivity index (χ4v) is 9.23. The van der Waals surface area contributed by atoms with Crippen LogP contribution in [0.25, 0.3) is 61.1 Å². The number of hydrogen-bond donors (Lipinski definition) is 0. The molecule has 0 atom stereocenters. The number of fused-ring (bicyclic) bond motifs is 1. The lowest BCUT2D eigenvalue weighted by Crippen LogP contribution is -2.11. The van der Waals surface area contributed by atoms with Crippen LogP contribution < -0.4 is 9.80 Å². The Morgan fingerprint density at radius 2 is 0.712 bits per heavy atom. The van der Waals surface area contributed by atoms with Crippen molar-refractivity contribution < 1.29 is 0 Å². The minimum atomic E-state index is 1.10. The number of rotatable bonds is 11. The van der Waals surface area contributed by atoms with E-state index in [9.17, 15) is 0 Å². The molecule has 1 aromatic heterocycles. The summed E-state index contributed by atoms with van der Waals surface area (Å²) in [5.74, 6) is 0. The third-order valence-electron chi connectivity index (χ3n) is 12.6. The first-order valence-electron chi connectivity index (χ1n) is 22.6. The molecule has 0 saturated carbocycles. The zero-order chi connectivity index (χ0) is 44.2. The lowest BCUT2D eigenvalue weighted by Gasteiger charge is -2.27. The largest absolute Gasteiger partial charge is 0.317 e. The molecule has 3 heteroatoms. The number of aromatic nitrogens is 1. The number of aryl methyl sites for hydroxylation is 1. The maximum absolute atomic E-state index is 2.35. The van der Waals surface area contributed by atoms with Crippen molar-refractivity contribution in [3.63, 3.8) is 0 Å². The summed E-state index contributed by atoms with van der Waals surface area (Å²) < 4.78 is 2.26. The van der Waals surface area contributed by atoms with Gasteiger partial charge in [0.15, 0.2) is 0 Å². The third-order valence-corrected chi connectivity index (χ3v) is 12.6. The Balaban J connectivity index is 0.835. The van der Waals surface area contributed by atoms with E-state index < -0.39 is 0 Å². The zero-order valence-corrected chi connectivity index (χ0v) is 36.7. The fraction of sp³-hybridized carbons (Fsp3) is 0.0159. The van der Waals surface area contributed by atoms with Crippen LogP contribution in [0.3, 0.4) is 0 Å². The molecule has 0 amide bonds. The zero-order valence-electron chi connectivity index (χ0n) is 36.7. The summed E-state index contributed by atoms with van der Waals surface area (Å²) in [4.78, 5) is 4.67. The summed E-state index contributed by atoms with van der Waals surface area (Å²) in [7, 11) is 0. The smallest absolute Gasteiger partial charge is 0.0534 e. The predicted molar refractivity (Wildman–Crippen MR) is 279 cm³/mol. The topological polar surface area (TPSA) is 11.4 Å². The van der Waals surface area contributed by atoms with Crippen LogP contribution in [0, 0.1) is 6.92 Å². The highest BCUT2D eigenvalue weighted by molar-refractivity contribution is 5.97. The second kappa shape index (κ2) is 17.8. The third kappa shape index (κ3) is 7.95. The molecule has 0 aliphatic carbocycles. The van der Waals surface area contributed by atoms with Gasteiger partial charge in [0, 0.05) is 51.4 Å². The summed E-state index contributed by atoms with van der Waals surface area (Å²) in [6.45, 7) is 2.20. The van der Waals surface area contributed by atoms with Crippen molar-refractivity contribution in [2.24, 2.45) is 0 Å². The Labute approximate surface area is 387 Å². The van der Waals surface area contributed by atoms with Gasteiger partial charge in [0.05, 0.1) is 5.52 Å². The van der Waals surface area contributed by atoms with Crippen molar-refractivity contribution in [3.8, 4) is 50.2 Å². The Kier molecular flexibility index (Phi) is 10.9. The van der Waals surface area contributed by atoms with Gasteiger partial charge in [-0.2, -0.15) is 0 Å². The molecule has 0 bridgehead atoms. The summed E-state index contributed by atoms with van der Waals surface area (Å²) >= 11 is 0. The van der Waals surface area contributed by atoms with Gasteiger partial charge in [-0.1, -0.05) is 164 Å². The Morgan fingerprint density at radius 1 is 0.303 bits per heavy atom. The number of nitrogens with zero attached hydrogens (tertiary/aromatic N) is 3. The van der Waals surface area contributed by atoms with Crippen LogP contribution in [0.4, 0.5) is 34.1 Å². The highest BCUT2D eigenvalue weighted by atomic mass is 15.1. The quantitative estimate of drug-likeness (QED) is 0.128. The molecule has 0 aliphatic rings. The Hall–Kier alpha value is -8.66. The van der Waals surface area contributed by atoms with Crippen LogP contribution in [0.15, 0.2) is 267 Å². The van der Waals surface area contributed by atoms with Gasteiger partial charge in [0.1, 0.15) is 0 Å². The van der Waals surface area contributed by atoms with Crippen LogP contribution in [0.1, 0.15) is 5.56 Å². The van der Waals surface area contributed by atoms with E-state index in [1.54, 1.807) is 0 Å². The van der Waals surface area contributed by atoms with Gasteiger partial charge in [-0.25, -0.2) is 0 Å². The molecule has 0 N–H and O–H groups in total. The van der Waals surface area contributed by atoms with Crippen LogP contribution in [0.5, 0.6) is 0 Å². The van der Waals surface area contributed by atoms with Crippen molar-refractivity contribution in [1.82, 2.24) is 4.57 Å². The molecule has 0 radical (unpaired) electrons. The number of para-hydroxylation sites is 3. The molecule has 11 rings (SSSR count). The maximum atomic E-state index is 2.35. The van der Waals surface area contributed by atoms with Crippen molar-refractivity contribution in [1.29, 1.82) is 0 Å². The fourth-order valence-electron chi connectivity index (χ4n) is 9.23. The van der Waals surface area contributed by atoms with E-state index in [0.29, 0.717) is 0 Å². The normalized spacial score (nSPS) is 11.1. The highest BCUT2D eigenvalue weighted by Gasteiger charge is 2.17. The van der Waals surface area contributed by atoms with E-state index in [4.69, 9.17) is 0 Å². The van der Waals surface area contributed by atoms with E-state index in [2.05, 4.69) is 288 Å². The van der Waals surface area contributed by atoms with Crippen molar-refractivity contribution in [2.75, 3.05) is 9.80 Å². The predicted octanol–water partition coefficient (Wildman–Crippen LogP) is 17.5. The molecule has 0 fully saturated rings. The molecule has 11 aromatic rings. The van der Waals surface area contributed by atoms with E-state index in [1.165, 1.54) is 61.0 Å². The van der Waals surface area contributed by atoms with E-state index in [1.807, 2.05) is 0 Å². The second-order valence-electron chi connectivity index (χ2n) is 16.7. The van der Waals surface area contributed by atoms with Crippen LogP contribution in [-0.4, -0.2) is 4.57 Å². The molecule has 0 aliphatic heterocycles. The standard InChI is InChI=1S/C63H47N3/c1-46-45-53(47-15-6-2-7-16-47)35-42-62(46)66(56-21-12-5-13-22-56)59-38-31-51(32-39-59)49-27-25-48(26-28-49)50-29-36-57(37-30-50)65(55-19-10-4-11-20-55)58-40-33-52(34-41-58)60-23-14-24-63-61(60)43-44-64(63)54-17-8-3-9-18-54/h2-45H,1H3. The molecular weight excluding hydrogens is 799 g/mol. The minimum absolute atomic E-state index is 1.10. The van der Waals surface area contributed by atoms with Crippen molar-refractivity contribution in [3.05, 3.63) is 273 Å².